The summed E-state index contributed by atoms with van der Waals surface area (Å²) in [5.41, 5.74) is 2.73. The topological polar surface area (TPSA) is 109 Å². The third kappa shape index (κ3) is 17.9. The van der Waals surface area contributed by atoms with Crippen LogP contribution in [0.3, 0.4) is 0 Å². The number of pyridine rings is 2. The van der Waals surface area contributed by atoms with Crippen molar-refractivity contribution < 1.29 is 19.5 Å². The van der Waals surface area contributed by atoms with Crippen molar-refractivity contribution in [1.82, 2.24) is 15.3 Å². The fourth-order valence-corrected chi connectivity index (χ4v) is 3.23. The fraction of sp³-hybridized carbons (Fsp3) is 0.229. The lowest BCUT2D eigenvalue weighted by molar-refractivity contribution is 0.101. The molecule has 3 heterocycles. The van der Waals surface area contributed by atoms with Crippen LogP contribution >= 0.6 is 0 Å². The molecule has 42 heavy (non-hydrogen) atoms. The zero-order valence-corrected chi connectivity index (χ0v) is 24.4. The molecule has 0 saturated carbocycles. The second kappa shape index (κ2) is 24.2. The van der Waals surface area contributed by atoms with Gasteiger partial charge >= 0.3 is 0 Å². The minimum atomic E-state index is -0.0792. The van der Waals surface area contributed by atoms with Gasteiger partial charge in [0.05, 0.1) is 0 Å². The molecule has 0 radical (unpaired) electrons. The molecule has 0 spiro atoms. The van der Waals surface area contributed by atoms with Crippen molar-refractivity contribution in [2.24, 2.45) is 0 Å². The van der Waals surface area contributed by atoms with E-state index in [-0.39, 0.29) is 18.2 Å². The van der Waals surface area contributed by atoms with Gasteiger partial charge in [-0.2, -0.15) is 0 Å². The van der Waals surface area contributed by atoms with Gasteiger partial charge in [0, 0.05) is 31.5 Å². The molecule has 5 rings (SSSR count). The quantitative estimate of drug-likeness (QED) is 0.161. The summed E-state index contributed by atoms with van der Waals surface area (Å²) >= 11 is 0. The number of aldehydes is 1. The van der Waals surface area contributed by atoms with Crippen LogP contribution < -0.4 is 5.32 Å². The number of carbonyl (C=O) groups is 3. The van der Waals surface area contributed by atoms with Gasteiger partial charge in [-0.3, -0.25) is 24.4 Å². The highest BCUT2D eigenvalue weighted by molar-refractivity contribution is 6.05. The lowest BCUT2D eigenvalue weighted by Gasteiger charge is -2.08. The summed E-state index contributed by atoms with van der Waals surface area (Å²) < 4.78 is 0. The smallest absolute Gasteiger partial charge is 0.204 e. The van der Waals surface area contributed by atoms with Gasteiger partial charge in [-0.1, -0.05) is 85.3 Å². The number of piperidine rings is 1. The first-order valence-electron chi connectivity index (χ1n) is 13.9. The van der Waals surface area contributed by atoms with Gasteiger partial charge < -0.3 is 10.4 Å². The molecule has 0 aliphatic carbocycles. The molecule has 1 aliphatic heterocycles. The molecule has 1 fully saturated rings. The predicted molar refractivity (Wildman–Crippen MR) is 170 cm³/mol. The van der Waals surface area contributed by atoms with Gasteiger partial charge in [-0.05, 0) is 68.8 Å². The Kier molecular flexibility index (Phi) is 20.4. The number of hydrogen-bond acceptors (Lipinski definition) is 7. The highest BCUT2D eigenvalue weighted by Crippen LogP contribution is 2.03. The van der Waals surface area contributed by atoms with Crippen LogP contribution in [0.15, 0.2) is 116 Å². The van der Waals surface area contributed by atoms with Crippen molar-refractivity contribution in [2.45, 2.75) is 33.1 Å². The van der Waals surface area contributed by atoms with E-state index in [0.717, 1.165) is 17.4 Å². The van der Waals surface area contributed by atoms with Gasteiger partial charge in [0.15, 0.2) is 5.78 Å². The third-order valence-electron chi connectivity index (χ3n) is 5.31. The van der Waals surface area contributed by atoms with E-state index in [9.17, 15) is 14.4 Å². The summed E-state index contributed by atoms with van der Waals surface area (Å²) in [7, 11) is 0. The normalized spacial score (nSPS) is 11.4. The number of allylic oxidation sites excluding steroid dienone is 1. The minimum absolute atomic E-state index is 0.00981. The number of carbonyl (C=O) groups excluding carboxylic acids is 3. The van der Waals surface area contributed by atoms with Crippen LogP contribution in [0.2, 0.25) is 0 Å². The van der Waals surface area contributed by atoms with Crippen molar-refractivity contribution >= 4 is 23.9 Å². The monoisotopic (exact) mass is 567 g/mol. The molecule has 7 nitrogen and oxygen atoms in total. The number of nitrogens with zero attached hydrogens (tertiary/aromatic N) is 2. The Morgan fingerprint density at radius 2 is 1.21 bits per heavy atom. The molecule has 0 atom stereocenters. The molecule has 0 amide bonds. The van der Waals surface area contributed by atoms with Crippen molar-refractivity contribution in [2.75, 3.05) is 19.7 Å². The first-order chi connectivity index (χ1) is 20.5. The van der Waals surface area contributed by atoms with E-state index in [1.165, 1.54) is 45.4 Å². The number of aromatic nitrogens is 2. The van der Waals surface area contributed by atoms with Crippen molar-refractivity contribution in [3.8, 4) is 0 Å². The number of ketones is 2. The van der Waals surface area contributed by atoms with E-state index in [2.05, 4.69) is 15.3 Å². The number of aliphatic hydroxyl groups is 1. The highest BCUT2D eigenvalue weighted by atomic mass is 16.2. The lowest BCUT2D eigenvalue weighted by Crippen LogP contribution is -2.21. The minimum Gasteiger partial charge on any atom is -0.397 e. The SMILES string of the molecule is C1CCNCC1.CC(=O)c1ccccn1.CCO.O=C(/C=C/c1ccccc1)c1ccccn1.O=Cc1ccccc1. The first kappa shape index (κ1) is 35.4. The molecule has 1 saturated heterocycles. The molecule has 0 unspecified atom stereocenters. The number of nitrogens with one attached hydrogen (secondary N) is 1. The van der Waals surface area contributed by atoms with Gasteiger partial charge in [-0.25, -0.2) is 0 Å². The van der Waals surface area contributed by atoms with E-state index in [4.69, 9.17) is 5.11 Å². The lowest BCUT2D eigenvalue weighted by atomic mass is 10.1. The van der Waals surface area contributed by atoms with Gasteiger partial charge in [0.25, 0.3) is 0 Å². The number of benzene rings is 2. The molecular weight excluding hydrogens is 526 g/mol. The van der Waals surface area contributed by atoms with E-state index >= 15 is 0 Å². The Hall–Kier alpha value is -4.59. The van der Waals surface area contributed by atoms with Gasteiger partial charge in [0.1, 0.15) is 17.7 Å². The first-order valence-corrected chi connectivity index (χ1v) is 13.9. The Bertz CT molecular complexity index is 1250. The van der Waals surface area contributed by atoms with Crippen molar-refractivity contribution in [3.63, 3.8) is 0 Å². The van der Waals surface area contributed by atoms with Gasteiger partial charge in [-0.15, -0.1) is 0 Å². The molecule has 4 aromatic rings. The van der Waals surface area contributed by atoms with Crippen molar-refractivity contribution in [1.29, 1.82) is 0 Å². The molecule has 1 aliphatic rings. The van der Waals surface area contributed by atoms with Crippen LogP contribution in [0.4, 0.5) is 0 Å². The maximum absolute atomic E-state index is 11.7. The maximum atomic E-state index is 11.7. The fourth-order valence-electron chi connectivity index (χ4n) is 3.23. The zero-order chi connectivity index (χ0) is 30.7. The number of rotatable bonds is 5. The Labute approximate surface area is 249 Å². The molecule has 0 bridgehead atoms. The largest absolute Gasteiger partial charge is 0.397 e. The molecular formula is C35H41N3O4. The van der Waals surface area contributed by atoms with Crippen LogP contribution in [0.25, 0.3) is 6.08 Å². The molecule has 7 heteroatoms. The Morgan fingerprint density at radius 1 is 0.738 bits per heavy atom. The number of Topliss-reactive ketones (excluding diaryl/α,β-unsaturated/α-hetero) is 1. The van der Waals surface area contributed by atoms with Crippen LogP contribution in [-0.2, 0) is 0 Å². The van der Waals surface area contributed by atoms with Gasteiger partial charge in [0.2, 0.25) is 5.78 Å². The number of hydrogen-bond donors (Lipinski definition) is 2. The zero-order valence-electron chi connectivity index (χ0n) is 24.4. The highest BCUT2D eigenvalue weighted by Gasteiger charge is 2.00. The summed E-state index contributed by atoms with van der Waals surface area (Å²) in [6, 6.07) is 29.4. The van der Waals surface area contributed by atoms with Crippen LogP contribution in [0.1, 0.15) is 70.0 Å². The molecule has 2 N–H and O–H groups in total. The number of aliphatic hydroxyl groups excluding tert-OH is 1. The Balaban J connectivity index is 0.000000290. The summed E-state index contributed by atoms with van der Waals surface area (Å²) in [6.45, 7) is 5.93. The van der Waals surface area contributed by atoms with Crippen LogP contribution in [-0.4, -0.2) is 52.6 Å². The van der Waals surface area contributed by atoms with E-state index in [1.807, 2.05) is 48.5 Å². The maximum Gasteiger partial charge on any atom is 0.204 e. The van der Waals surface area contributed by atoms with Crippen LogP contribution in [0, 0.1) is 0 Å². The second-order valence-electron chi connectivity index (χ2n) is 8.75. The molecule has 2 aromatic carbocycles. The summed E-state index contributed by atoms with van der Waals surface area (Å²) in [4.78, 5) is 40.1. The van der Waals surface area contributed by atoms with E-state index in [1.54, 1.807) is 73.9 Å². The van der Waals surface area contributed by atoms with Crippen LogP contribution in [0.5, 0.6) is 0 Å². The Morgan fingerprint density at radius 3 is 1.55 bits per heavy atom. The predicted octanol–water partition coefficient (Wildman–Crippen LogP) is 6.52. The van der Waals surface area contributed by atoms with Crippen molar-refractivity contribution in [3.05, 3.63) is 138 Å². The average molecular weight is 568 g/mol. The average Bonchev–Trinajstić information content (AvgIpc) is 3.07. The molecule has 2 aromatic heterocycles. The third-order valence-corrected chi connectivity index (χ3v) is 5.31. The standard InChI is InChI=1S/C14H11NO.C7H7NO.C7H6O.C5H11N.C2H6O/c16-14(13-8-4-5-11-15-13)10-9-12-6-2-1-3-7-12;1-6(9)7-4-2-3-5-8-7;8-6-7-4-2-1-3-5-7;1-2-4-6-5-3-1;1-2-3/h1-11H;2-5H,1H3;1-6H;6H,1-5H2;3H,2H2,1H3/b10-9+;;;;. The summed E-state index contributed by atoms with van der Waals surface area (Å²) in [5.74, 6) is -0.0694. The van der Waals surface area contributed by atoms with E-state index < -0.39 is 0 Å². The summed E-state index contributed by atoms with van der Waals surface area (Å²) in [5, 5.41) is 10.9. The molecule has 220 valence electrons. The second-order valence-corrected chi connectivity index (χ2v) is 8.75. The summed E-state index contributed by atoms with van der Waals surface area (Å²) in [6.07, 6.45) is 11.6. The van der Waals surface area contributed by atoms with E-state index in [0.29, 0.717) is 11.4 Å².